The van der Waals surface area contributed by atoms with Crippen LogP contribution in [-0.4, -0.2) is 44.8 Å². The Labute approximate surface area is 224 Å². The van der Waals surface area contributed by atoms with Crippen molar-refractivity contribution in [2.45, 2.75) is 51.6 Å². The molecule has 202 valence electrons. The van der Waals surface area contributed by atoms with Gasteiger partial charge < -0.3 is 10.2 Å². The van der Waals surface area contributed by atoms with Crippen LogP contribution in [0.5, 0.6) is 0 Å². The fourth-order valence-electron chi connectivity index (χ4n) is 4.21. The van der Waals surface area contributed by atoms with Gasteiger partial charge in [-0.15, -0.1) is 0 Å². The van der Waals surface area contributed by atoms with Crippen LogP contribution in [0.4, 0.5) is 10.1 Å². The lowest BCUT2D eigenvalue weighted by Crippen LogP contribution is -2.51. The predicted molar refractivity (Wildman–Crippen MR) is 147 cm³/mol. The molecule has 0 aliphatic heterocycles. The van der Waals surface area contributed by atoms with Gasteiger partial charge in [-0.25, -0.2) is 12.8 Å². The summed E-state index contributed by atoms with van der Waals surface area (Å²) >= 11 is 0. The number of aryl methyl sites for hydroxylation is 3. The number of anilines is 1. The van der Waals surface area contributed by atoms with E-state index in [1.807, 2.05) is 26.0 Å². The van der Waals surface area contributed by atoms with E-state index in [1.54, 1.807) is 32.0 Å². The second-order valence-electron chi connectivity index (χ2n) is 9.30. The Kier molecular flexibility index (Phi) is 9.27. The third kappa shape index (κ3) is 6.58. The molecule has 0 saturated carbocycles. The third-order valence-corrected chi connectivity index (χ3v) is 8.19. The second-order valence-corrected chi connectivity index (χ2v) is 11.2. The van der Waals surface area contributed by atoms with Crippen LogP contribution >= 0.6 is 0 Å². The standard InChI is InChI=1S/C29H34FN3O4S/c1-6-26(29(35)31-5)32(18-23-11-13-24(30)14-12-23)28(34)19-33(27-17-21(3)7-10-22(27)4)38(36,37)25-15-8-20(2)9-16-25/h7-17,26H,6,18-19H2,1-5H3,(H,31,35)/t26-/m0/s1. The molecule has 1 N–H and O–H groups in total. The average molecular weight is 540 g/mol. The Morgan fingerprint density at radius 3 is 2.11 bits per heavy atom. The summed E-state index contributed by atoms with van der Waals surface area (Å²) in [6, 6.07) is 16.6. The summed E-state index contributed by atoms with van der Waals surface area (Å²) in [5, 5.41) is 2.58. The van der Waals surface area contributed by atoms with Gasteiger partial charge in [0, 0.05) is 13.6 Å². The van der Waals surface area contributed by atoms with Gasteiger partial charge in [0.15, 0.2) is 0 Å². The van der Waals surface area contributed by atoms with E-state index in [1.165, 1.54) is 48.3 Å². The van der Waals surface area contributed by atoms with Crippen molar-refractivity contribution in [2.24, 2.45) is 0 Å². The number of hydrogen-bond donors (Lipinski definition) is 1. The van der Waals surface area contributed by atoms with Crippen LogP contribution in [0.25, 0.3) is 0 Å². The van der Waals surface area contributed by atoms with Gasteiger partial charge in [0.05, 0.1) is 10.6 Å². The molecule has 0 bridgehead atoms. The first-order valence-corrected chi connectivity index (χ1v) is 13.8. The molecule has 0 aliphatic rings. The minimum atomic E-state index is -4.14. The van der Waals surface area contributed by atoms with Gasteiger partial charge in [-0.2, -0.15) is 0 Å². The molecule has 1 atom stereocenters. The average Bonchev–Trinajstić information content (AvgIpc) is 2.89. The lowest BCUT2D eigenvalue weighted by atomic mass is 10.1. The van der Waals surface area contributed by atoms with Gasteiger partial charge in [0.1, 0.15) is 18.4 Å². The Morgan fingerprint density at radius 2 is 1.53 bits per heavy atom. The highest BCUT2D eigenvalue weighted by Crippen LogP contribution is 2.29. The maximum absolute atomic E-state index is 13.9. The van der Waals surface area contributed by atoms with E-state index in [0.29, 0.717) is 23.2 Å². The molecular weight excluding hydrogens is 505 g/mol. The summed E-state index contributed by atoms with van der Waals surface area (Å²) in [5.74, 6) is -1.35. The molecule has 0 spiro atoms. The maximum Gasteiger partial charge on any atom is 0.264 e. The molecule has 0 saturated heterocycles. The highest BCUT2D eigenvalue weighted by Gasteiger charge is 2.34. The molecule has 2 amide bonds. The Balaban J connectivity index is 2.10. The summed E-state index contributed by atoms with van der Waals surface area (Å²) in [6.45, 7) is 6.76. The van der Waals surface area contributed by atoms with Crippen molar-refractivity contribution in [3.8, 4) is 0 Å². The number of rotatable bonds is 10. The monoisotopic (exact) mass is 539 g/mol. The van der Waals surface area contributed by atoms with Crippen molar-refractivity contribution >= 4 is 27.5 Å². The van der Waals surface area contributed by atoms with E-state index < -0.39 is 34.3 Å². The predicted octanol–water partition coefficient (Wildman–Crippen LogP) is 4.50. The minimum Gasteiger partial charge on any atom is -0.357 e. The van der Waals surface area contributed by atoms with E-state index in [2.05, 4.69) is 5.32 Å². The number of likely N-dealkylation sites (N-methyl/N-ethyl adjacent to an activating group) is 1. The fourth-order valence-corrected chi connectivity index (χ4v) is 5.68. The largest absolute Gasteiger partial charge is 0.357 e. The number of hydrogen-bond acceptors (Lipinski definition) is 4. The zero-order valence-corrected chi connectivity index (χ0v) is 23.2. The van der Waals surface area contributed by atoms with Crippen LogP contribution in [-0.2, 0) is 26.2 Å². The summed E-state index contributed by atoms with van der Waals surface area (Å²) < 4.78 is 42.5. The van der Waals surface area contributed by atoms with Crippen molar-refractivity contribution < 1.29 is 22.4 Å². The SMILES string of the molecule is CC[C@@H](C(=O)NC)N(Cc1ccc(F)cc1)C(=O)CN(c1cc(C)ccc1C)S(=O)(=O)c1ccc(C)cc1. The lowest BCUT2D eigenvalue weighted by Gasteiger charge is -2.33. The first-order valence-electron chi connectivity index (χ1n) is 12.4. The van der Waals surface area contributed by atoms with Crippen molar-refractivity contribution in [3.05, 3.63) is 94.8 Å². The normalized spacial score (nSPS) is 12.1. The molecule has 7 nitrogen and oxygen atoms in total. The van der Waals surface area contributed by atoms with Crippen molar-refractivity contribution in [3.63, 3.8) is 0 Å². The highest BCUT2D eigenvalue weighted by molar-refractivity contribution is 7.92. The van der Waals surface area contributed by atoms with E-state index in [-0.39, 0.29) is 17.3 Å². The van der Waals surface area contributed by atoms with E-state index in [4.69, 9.17) is 0 Å². The molecule has 3 aromatic rings. The van der Waals surface area contributed by atoms with Crippen molar-refractivity contribution in [1.82, 2.24) is 10.2 Å². The summed E-state index contributed by atoms with van der Waals surface area (Å²) in [7, 11) is -2.66. The van der Waals surface area contributed by atoms with Gasteiger partial charge in [0.2, 0.25) is 11.8 Å². The molecule has 3 rings (SSSR count). The highest BCUT2D eigenvalue weighted by atomic mass is 32.2. The van der Waals surface area contributed by atoms with Gasteiger partial charge in [0.25, 0.3) is 10.0 Å². The minimum absolute atomic E-state index is 0.0102. The molecule has 0 aromatic heterocycles. The number of nitrogens with one attached hydrogen (secondary N) is 1. The fraction of sp³-hybridized carbons (Fsp3) is 0.310. The van der Waals surface area contributed by atoms with E-state index in [9.17, 15) is 22.4 Å². The molecule has 0 aliphatic carbocycles. The first kappa shape index (κ1) is 28.8. The molecule has 0 unspecified atom stereocenters. The van der Waals surface area contributed by atoms with Crippen LogP contribution in [0, 0.1) is 26.6 Å². The maximum atomic E-state index is 13.9. The van der Waals surface area contributed by atoms with E-state index >= 15 is 0 Å². The number of halogens is 1. The molecule has 3 aromatic carbocycles. The topological polar surface area (TPSA) is 86.8 Å². The second kappa shape index (κ2) is 12.2. The van der Waals surface area contributed by atoms with Crippen LogP contribution in [0.2, 0.25) is 0 Å². The quantitative estimate of drug-likeness (QED) is 0.411. The molecule has 9 heteroatoms. The van der Waals surface area contributed by atoms with Crippen molar-refractivity contribution in [1.29, 1.82) is 0 Å². The van der Waals surface area contributed by atoms with Crippen LogP contribution < -0.4 is 9.62 Å². The summed E-state index contributed by atoms with van der Waals surface area (Å²) in [6.07, 6.45) is 0.306. The molecule has 0 fully saturated rings. The molecule has 0 heterocycles. The number of carbonyl (C=O) groups excluding carboxylic acids is 2. The first-order chi connectivity index (χ1) is 18.0. The number of carbonyl (C=O) groups is 2. The Morgan fingerprint density at radius 1 is 0.921 bits per heavy atom. The van der Waals surface area contributed by atoms with E-state index in [0.717, 1.165) is 15.4 Å². The zero-order chi connectivity index (χ0) is 28.0. The Hall–Kier alpha value is -3.72. The molecular formula is C29H34FN3O4S. The number of benzene rings is 3. The number of amides is 2. The lowest BCUT2D eigenvalue weighted by molar-refractivity contribution is -0.140. The summed E-state index contributed by atoms with van der Waals surface area (Å²) in [4.78, 5) is 28.1. The van der Waals surface area contributed by atoms with Crippen LogP contribution in [0.15, 0.2) is 71.6 Å². The van der Waals surface area contributed by atoms with Crippen LogP contribution in [0.3, 0.4) is 0 Å². The summed E-state index contributed by atoms with van der Waals surface area (Å²) in [5.41, 5.74) is 3.42. The smallest absolute Gasteiger partial charge is 0.264 e. The zero-order valence-electron chi connectivity index (χ0n) is 22.4. The number of nitrogens with zero attached hydrogens (tertiary/aromatic N) is 2. The number of sulfonamides is 1. The Bertz CT molecular complexity index is 1390. The molecule has 38 heavy (non-hydrogen) atoms. The van der Waals surface area contributed by atoms with Gasteiger partial charge >= 0.3 is 0 Å². The third-order valence-electron chi connectivity index (χ3n) is 6.42. The van der Waals surface area contributed by atoms with Gasteiger partial charge in [-0.3, -0.25) is 13.9 Å². The molecule has 0 radical (unpaired) electrons. The van der Waals surface area contributed by atoms with Crippen molar-refractivity contribution in [2.75, 3.05) is 17.9 Å². The van der Waals surface area contributed by atoms with Gasteiger partial charge in [-0.1, -0.05) is 48.9 Å². The van der Waals surface area contributed by atoms with Gasteiger partial charge in [-0.05, 0) is 74.2 Å². The van der Waals surface area contributed by atoms with Crippen LogP contribution in [0.1, 0.15) is 35.6 Å².